The summed E-state index contributed by atoms with van der Waals surface area (Å²) >= 11 is 0. The van der Waals surface area contributed by atoms with Crippen LogP contribution in [0.2, 0.25) is 0 Å². The van der Waals surface area contributed by atoms with E-state index in [9.17, 15) is 5.11 Å². The SMILES string of the molecule is COc1ccc(-c2ccc3c(N4CCOC[C@@H]4C)nc(N4CCOC5CN(C)CC54)nc3n2)cc1CO. The number of aliphatic hydroxyl groups is 1. The normalized spacial score (nSPS) is 24.5. The van der Waals surface area contributed by atoms with E-state index in [1.807, 2.05) is 24.3 Å². The third kappa shape index (κ3) is 4.48. The fourth-order valence-electron chi connectivity index (χ4n) is 5.71. The Hall–Kier alpha value is -3.05. The van der Waals surface area contributed by atoms with Crippen LogP contribution in [-0.2, 0) is 16.1 Å². The molecule has 0 amide bonds. The second-order valence-corrected chi connectivity index (χ2v) is 10.1. The number of anilines is 2. The Morgan fingerprint density at radius 2 is 1.92 bits per heavy atom. The van der Waals surface area contributed by atoms with Crippen molar-refractivity contribution in [1.29, 1.82) is 0 Å². The Kier molecular flexibility index (Phi) is 6.58. The summed E-state index contributed by atoms with van der Waals surface area (Å²) in [6.07, 6.45) is 0.152. The molecule has 0 spiro atoms. The minimum atomic E-state index is -0.107. The molecule has 3 fully saturated rings. The molecule has 0 aliphatic carbocycles. The Morgan fingerprint density at radius 3 is 2.73 bits per heavy atom. The molecule has 10 nitrogen and oxygen atoms in total. The maximum absolute atomic E-state index is 9.82. The Morgan fingerprint density at radius 1 is 1.05 bits per heavy atom. The lowest BCUT2D eigenvalue weighted by molar-refractivity contribution is 0.0312. The van der Waals surface area contributed by atoms with Gasteiger partial charge in [0.15, 0.2) is 5.65 Å². The molecule has 1 N–H and O–H groups in total. The first-order chi connectivity index (χ1) is 18.1. The van der Waals surface area contributed by atoms with Crippen molar-refractivity contribution < 1.29 is 19.3 Å². The van der Waals surface area contributed by atoms with Crippen LogP contribution in [0.5, 0.6) is 5.75 Å². The van der Waals surface area contributed by atoms with Crippen LogP contribution in [0.25, 0.3) is 22.3 Å². The van der Waals surface area contributed by atoms with Crippen LogP contribution in [0.15, 0.2) is 30.3 Å². The summed E-state index contributed by atoms with van der Waals surface area (Å²) in [4.78, 5) is 22.1. The number of likely N-dealkylation sites (N-methyl/N-ethyl adjacent to an activating group) is 1. The number of ether oxygens (including phenoxy) is 3. The third-order valence-corrected chi connectivity index (χ3v) is 7.65. The molecular weight excluding hydrogens is 472 g/mol. The van der Waals surface area contributed by atoms with Crippen LogP contribution >= 0.6 is 0 Å². The minimum Gasteiger partial charge on any atom is -0.496 e. The molecule has 3 atom stereocenters. The number of aromatic nitrogens is 3. The number of pyridine rings is 1. The van der Waals surface area contributed by atoms with Gasteiger partial charge in [-0.15, -0.1) is 0 Å². The maximum Gasteiger partial charge on any atom is 0.229 e. The number of likely N-dealkylation sites (tertiary alicyclic amines) is 1. The molecule has 37 heavy (non-hydrogen) atoms. The van der Waals surface area contributed by atoms with Gasteiger partial charge >= 0.3 is 0 Å². The first-order valence-corrected chi connectivity index (χ1v) is 12.9. The lowest BCUT2D eigenvalue weighted by Gasteiger charge is -2.38. The van der Waals surface area contributed by atoms with Crippen molar-refractivity contribution >= 4 is 22.8 Å². The van der Waals surface area contributed by atoms with Crippen molar-refractivity contribution in [2.45, 2.75) is 31.7 Å². The Labute approximate surface area is 216 Å². The van der Waals surface area contributed by atoms with E-state index < -0.39 is 0 Å². The molecule has 2 unspecified atom stereocenters. The van der Waals surface area contributed by atoms with Crippen LogP contribution in [0.3, 0.4) is 0 Å². The molecule has 0 radical (unpaired) electrons. The van der Waals surface area contributed by atoms with E-state index >= 15 is 0 Å². The van der Waals surface area contributed by atoms with Gasteiger partial charge in [0.25, 0.3) is 0 Å². The number of aliphatic hydroxyl groups excluding tert-OH is 1. The van der Waals surface area contributed by atoms with Gasteiger partial charge in [0.05, 0.1) is 62.8 Å². The van der Waals surface area contributed by atoms with Crippen LogP contribution in [0.4, 0.5) is 11.8 Å². The van der Waals surface area contributed by atoms with Gasteiger partial charge in [0.1, 0.15) is 11.6 Å². The monoisotopic (exact) mass is 506 g/mol. The zero-order valence-corrected chi connectivity index (χ0v) is 21.6. The molecule has 1 aromatic carbocycles. The second kappa shape index (κ2) is 10.0. The molecule has 3 aromatic rings. The van der Waals surface area contributed by atoms with E-state index in [1.54, 1.807) is 7.11 Å². The van der Waals surface area contributed by atoms with Crippen molar-refractivity contribution in [3.63, 3.8) is 0 Å². The van der Waals surface area contributed by atoms with Gasteiger partial charge in [0, 0.05) is 37.3 Å². The van der Waals surface area contributed by atoms with Crippen LogP contribution < -0.4 is 14.5 Å². The first kappa shape index (κ1) is 24.3. The molecule has 0 saturated carbocycles. The summed E-state index contributed by atoms with van der Waals surface area (Å²) in [5, 5.41) is 10.7. The van der Waals surface area contributed by atoms with Crippen LogP contribution in [0.1, 0.15) is 12.5 Å². The second-order valence-electron chi connectivity index (χ2n) is 10.1. The summed E-state index contributed by atoms with van der Waals surface area (Å²) in [6, 6.07) is 10.2. The van der Waals surface area contributed by atoms with E-state index in [0.29, 0.717) is 37.2 Å². The summed E-state index contributed by atoms with van der Waals surface area (Å²) in [5.41, 5.74) is 3.07. The number of methoxy groups -OCH3 is 1. The average molecular weight is 507 g/mol. The van der Waals surface area contributed by atoms with Crippen molar-refractivity contribution in [3.8, 4) is 17.0 Å². The standard InChI is InChI=1S/C27H34N6O4/c1-17-16-36-10-8-32(17)26-20-5-6-21(18-4-7-23(35-3)19(12-18)15-34)28-25(20)29-27(30-26)33-9-11-37-24-14-31(2)13-22(24)33/h4-7,12,17,22,24,34H,8-11,13-16H2,1-3H3/t17-,22?,24?/m0/s1. The molecule has 10 heteroatoms. The highest BCUT2D eigenvalue weighted by Gasteiger charge is 2.40. The average Bonchev–Trinajstić information content (AvgIpc) is 3.32. The number of hydrogen-bond acceptors (Lipinski definition) is 10. The quantitative estimate of drug-likeness (QED) is 0.553. The van der Waals surface area contributed by atoms with Gasteiger partial charge in [-0.05, 0) is 44.3 Å². The highest BCUT2D eigenvalue weighted by molar-refractivity contribution is 5.90. The predicted octanol–water partition coefficient (Wildman–Crippen LogP) is 1.94. The fourth-order valence-corrected chi connectivity index (χ4v) is 5.71. The number of rotatable bonds is 5. The zero-order valence-electron chi connectivity index (χ0n) is 21.6. The molecule has 2 aromatic heterocycles. The number of hydrogen-bond donors (Lipinski definition) is 1. The summed E-state index contributed by atoms with van der Waals surface area (Å²) in [6.45, 7) is 7.38. The number of benzene rings is 1. The van der Waals surface area contributed by atoms with E-state index in [4.69, 9.17) is 29.2 Å². The molecule has 3 aliphatic heterocycles. The number of nitrogens with zero attached hydrogens (tertiary/aromatic N) is 6. The minimum absolute atomic E-state index is 0.107. The predicted molar refractivity (Wildman–Crippen MR) is 141 cm³/mol. The maximum atomic E-state index is 9.82. The van der Waals surface area contributed by atoms with E-state index in [-0.39, 0.29) is 24.8 Å². The molecule has 196 valence electrons. The Balaban J connectivity index is 1.47. The van der Waals surface area contributed by atoms with Gasteiger partial charge in [-0.1, -0.05) is 0 Å². The largest absolute Gasteiger partial charge is 0.496 e. The molecule has 3 saturated heterocycles. The molecule has 5 heterocycles. The smallest absolute Gasteiger partial charge is 0.229 e. The molecule has 0 bridgehead atoms. The topological polar surface area (TPSA) is 96.3 Å². The summed E-state index contributed by atoms with van der Waals surface area (Å²) in [5.74, 6) is 2.25. The van der Waals surface area contributed by atoms with Crippen LogP contribution in [-0.4, -0.2) is 103 Å². The van der Waals surface area contributed by atoms with E-state index in [1.165, 1.54) is 0 Å². The fraction of sp³-hybridized carbons (Fsp3) is 0.519. The highest BCUT2D eigenvalue weighted by atomic mass is 16.5. The van der Waals surface area contributed by atoms with Gasteiger partial charge in [-0.25, -0.2) is 4.98 Å². The van der Waals surface area contributed by atoms with E-state index in [0.717, 1.165) is 54.2 Å². The molecule has 6 rings (SSSR count). The third-order valence-electron chi connectivity index (χ3n) is 7.65. The Bertz CT molecular complexity index is 1290. The van der Waals surface area contributed by atoms with Gasteiger partial charge in [0.2, 0.25) is 5.95 Å². The number of fused-ring (bicyclic) bond motifs is 2. The van der Waals surface area contributed by atoms with Gasteiger partial charge in [-0.2, -0.15) is 9.97 Å². The van der Waals surface area contributed by atoms with Crippen LogP contribution in [0, 0.1) is 0 Å². The zero-order chi connectivity index (χ0) is 25.5. The number of morpholine rings is 2. The van der Waals surface area contributed by atoms with Gasteiger partial charge in [-0.3, -0.25) is 0 Å². The lowest BCUT2D eigenvalue weighted by Crippen LogP contribution is -2.52. The van der Waals surface area contributed by atoms with Gasteiger partial charge < -0.3 is 34.0 Å². The first-order valence-electron chi connectivity index (χ1n) is 12.9. The van der Waals surface area contributed by atoms with Crippen molar-refractivity contribution in [2.75, 3.05) is 70.0 Å². The summed E-state index contributed by atoms with van der Waals surface area (Å²) < 4.78 is 17.2. The van der Waals surface area contributed by atoms with Crippen molar-refractivity contribution in [3.05, 3.63) is 35.9 Å². The van der Waals surface area contributed by atoms with Crippen molar-refractivity contribution in [2.24, 2.45) is 0 Å². The summed E-state index contributed by atoms with van der Waals surface area (Å²) in [7, 11) is 3.73. The highest BCUT2D eigenvalue weighted by Crippen LogP contribution is 2.33. The lowest BCUT2D eigenvalue weighted by atomic mass is 10.1. The molecular formula is C27H34N6O4. The van der Waals surface area contributed by atoms with E-state index in [2.05, 4.69) is 34.7 Å². The molecule has 3 aliphatic rings. The van der Waals surface area contributed by atoms with Crippen molar-refractivity contribution in [1.82, 2.24) is 19.9 Å².